The van der Waals surface area contributed by atoms with Gasteiger partial charge in [-0.15, -0.1) is 0 Å². The fourth-order valence-electron chi connectivity index (χ4n) is 10.7. The molecule has 3 heterocycles. The van der Waals surface area contributed by atoms with Crippen molar-refractivity contribution in [1.29, 1.82) is 0 Å². The van der Waals surface area contributed by atoms with E-state index in [-0.39, 0.29) is 42.8 Å². The second kappa shape index (κ2) is 28.3. The van der Waals surface area contributed by atoms with E-state index >= 15 is 0 Å². The number of piperidine rings is 1. The van der Waals surface area contributed by atoms with Gasteiger partial charge < -0.3 is 53.7 Å². The van der Waals surface area contributed by atoms with E-state index in [1.54, 1.807) is 40.9 Å². The van der Waals surface area contributed by atoms with Crippen LogP contribution in [0.1, 0.15) is 132 Å². The normalized spacial score (nSPS) is 36.3. The molecule has 0 aromatic rings. The van der Waals surface area contributed by atoms with Crippen LogP contribution in [-0.2, 0) is 57.2 Å². The van der Waals surface area contributed by atoms with Crippen molar-refractivity contribution < 1.29 is 77.6 Å². The van der Waals surface area contributed by atoms with Crippen molar-refractivity contribution >= 4 is 35.2 Å². The molecular weight excluding hydrogens is 943 g/mol. The van der Waals surface area contributed by atoms with E-state index in [9.17, 15) is 49.2 Å². The third kappa shape index (κ3) is 16.0. The van der Waals surface area contributed by atoms with Gasteiger partial charge in [0, 0.05) is 58.5 Å². The lowest BCUT2D eigenvalue weighted by Gasteiger charge is -2.42. The van der Waals surface area contributed by atoms with E-state index in [1.807, 2.05) is 51.2 Å². The van der Waals surface area contributed by atoms with E-state index in [2.05, 4.69) is 0 Å². The minimum atomic E-state index is -2.47. The SMILES string of the molecule is CO[C@H]1C[C@@H]2CC[C@@H](C)[C@@](O)(O2)C(=O)C(=O)N2CCCC[C@H]2C(=O)O[C@H]([C@H](C)C[C@H]2CC[C@@H](OC(=O)C(C)(CO)CO)[C@H](OC)C2)CC(=O)[C@H](C)/C=C(\C)[C@@H](O)[C@@H](OC)C(=O)[C@H](C)C[C@H](C)/C=C/C=CC=C1C. The van der Waals surface area contributed by atoms with Crippen LogP contribution in [0.2, 0.25) is 0 Å². The smallest absolute Gasteiger partial charge is 0.329 e. The molecule has 0 spiro atoms. The summed E-state index contributed by atoms with van der Waals surface area (Å²) in [7, 11) is 4.43. The average molecular weight is 1030 g/mol. The molecule has 1 saturated carbocycles. The molecule has 1 amide bonds. The lowest BCUT2D eigenvalue weighted by Crippen LogP contribution is -2.61. The van der Waals surface area contributed by atoms with E-state index in [1.165, 1.54) is 21.1 Å². The maximum absolute atomic E-state index is 14.5. The Bertz CT molecular complexity index is 2010. The van der Waals surface area contributed by atoms with E-state index in [4.69, 9.17) is 28.4 Å². The number of cyclic esters (lactones) is 1. The van der Waals surface area contributed by atoms with Crippen molar-refractivity contribution in [2.24, 2.45) is 40.9 Å². The standard InChI is InChI=1S/C56H87NO16/c1-33-17-13-12-14-18-34(2)45(68-9)29-41-22-20-39(7)56(67,73-41)51(63)52(64)57-24-16-15-19-42(57)53(65)71-46(30-43(60)35(3)26-38(6)49(62)50(70-11)48(61)37(5)25-33)36(4)27-40-21-23-44(47(28-40)69-10)72-54(66)55(8,31-58)32-59/h12-14,17-18,26,33,35-37,39-42,44-47,49-50,58-59,62,67H,15-16,19-25,27-32H2,1-11H3/b14-12?,17-13+,34-18?,38-26+/t33-,35-,36-,37-,39-,40-,41+,42+,44-,45+,46+,47-,49-,50+,56-/m1/s1. The molecule has 1 aliphatic carbocycles. The van der Waals surface area contributed by atoms with Crippen molar-refractivity contribution in [1.82, 2.24) is 4.90 Å². The van der Waals surface area contributed by atoms with E-state index < -0.39 is 120 Å². The molecule has 17 heteroatoms. The molecule has 73 heavy (non-hydrogen) atoms. The van der Waals surface area contributed by atoms with Gasteiger partial charge in [0.15, 0.2) is 5.78 Å². The van der Waals surface area contributed by atoms with Crippen molar-refractivity contribution in [3.05, 3.63) is 47.6 Å². The number of ketones is 3. The Balaban J connectivity index is 1.69. The number of ether oxygens (including phenoxy) is 6. The summed E-state index contributed by atoms with van der Waals surface area (Å²) in [5, 5.41) is 43.1. The number of esters is 2. The zero-order chi connectivity index (χ0) is 54.4. The van der Waals surface area contributed by atoms with E-state index in [0.717, 1.165) is 10.5 Å². The predicted molar refractivity (Wildman–Crippen MR) is 271 cm³/mol. The fraction of sp³-hybridized carbons (Fsp3) is 0.750. The molecule has 4 rings (SSSR count). The molecule has 17 nitrogen and oxygen atoms in total. The Morgan fingerprint density at radius 1 is 0.863 bits per heavy atom. The zero-order valence-corrected chi connectivity index (χ0v) is 45.3. The summed E-state index contributed by atoms with van der Waals surface area (Å²) in [4.78, 5) is 85.4. The van der Waals surface area contributed by atoms with Gasteiger partial charge in [0.2, 0.25) is 5.79 Å². The van der Waals surface area contributed by atoms with Crippen molar-refractivity contribution in [3.63, 3.8) is 0 Å². The first-order valence-corrected chi connectivity index (χ1v) is 26.4. The molecular formula is C56H87NO16. The number of aliphatic hydroxyl groups excluding tert-OH is 3. The van der Waals surface area contributed by atoms with Crippen LogP contribution in [0.3, 0.4) is 0 Å². The summed E-state index contributed by atoms with van der Waals surface area (Å²) >= 11 is 0. The highest BCUT2D eigenvalue weighted by Gasteiger charge is 2.53. The van der Waals surface area contributed by atoms with Crippen molar-refractivity contribution in [3.8, 4) is 0 Å². The summed E-state index contributed by atoms with van der Waals surface area (Å²) in [6.07, 6.45) is 9.76. The molecule has 412 valence electrons. The molecule has 0 radical (unpaired) electrons. The second-order valence-electron chi connectivity index (χ2n) is 21.8. The Morgan fingerprint density at radius 2 is 1.56 bits per heavy atom. The molecule has 0 unspecified atom stereocenters. The number of fused-ring (bicyclic) bond motifs is 3. The van der Waals surface area contributed by atoms with Gasteiger partial charge >= 0.3 is 11.9 Å². The van der Waals surface area contributed by atoms with Gasteiger partial charge in [-0.25, -0.2) is 4.79 Å². The number of hydrogen-bond donors (Lipinski definition) is 4. The molecule has 0 aromatic carbocycles. The Labute approximate surface area is 433 Å². The number of rotatable bonds is 10. The third-order valence-corrected chi connectivity index (χ3v) is 15.9. The van der Waals surface area contributed by atoms with Crippen LogP contribution < -0.4 is 0 Å². The van der Waals surface area contributed by atoms with Crippen LogP contribution in [0.25, 0.3) is 0 Å². The summed E-state index contributed by atoms with van der Waals surface area (Å²) in [6.45, 7) is 12.7. The van der Waals surface area contributed by atoms with Gasteiger partial charge in [-0.1, -0.05) is 71.1 Å². The fourth-order valence-corrected chi connectivity index (χ4v) is 10.7. The van der Waals surface area contributed by atoms with Gasteiger partial charge in [0.1, 0.15) is 41.7 Å². The summed E-state index contributed by atoms with van der Waals surface area (Å²) in [5.41, 5.74) is -0.277. The average Bonchev–Trinajstić information content (AvgIpc) is 3.37. The number of nitrogens with zero attached hydrogens (tertiary/aromatic N) is 1. The molecule has 3 fully saturated rings. The van der Waals surface area contributed by atoms with Gasteiger partial charge in [-0.3, -0.25) is 24.0 Å². The second-order valence-corrected chi connectivity index (χ2v) is 21.8. The topological polar surface area (TPSA) is 242 Å². The number of carbonyl (C=O) groups excluding carboxylic acids is 6. The first kappa shape index (κ1) is 61.6. The summed E-state index contributed by atoms with van der Waals surface area (Å²) < 4.78 is 35.4. The van der Waals surface area contributed by atoms with Crippen LogP contribution in [0, 0.1) is 40.9 Å². The lowest BCUT2D eigenvalue weighted by molar-refractivity contribution is -0.265. The number of allylic oxidation sites excluding steroid dienone is 6. The highest BCUT2D eigenvalue weighted by atomic mass is 16.6. The minimum Gasteiger partial charge on any atom is -0.460 e. The zero-order valence-electron chi connectivity index (χ0n) is 45.3. The third-order valence-electron chi connectivity index (χ3n) is 15.9. The number of hydrogen-bond acceptors (Lipinski definition) is 16. The maximum Gasteiger partial charge on any atom is 0.329 e. The maximum atomic E-state index is 14.5. The molecule has 15 atom stereocenters. The van der Waals surface area contributed by atoms with Crippen LogP contribution >= 0.6 is 0 Å². The summed E-state index contributed by atoms with van der Waals surface area (Å²) in [5.74, 6) is -9.36. The first-order valence-electron chi connectivity index (χ1n) is 26.4. The lowest BCUT2D eigenvalue weighted by atomic mass is 9.78. The Kier molecular flexibility index (Phi) is 23.9. The van der Waals surface area contributed by atoms with Crippen molar-refractivity contribution in [2.45, 2.75) is 187 Å². The first-order chi connectivity index (χ1) is 34.5. The highest BCUT2D eigenvalue weighted by molar-refractivity contribution is 6.39. The number of carbonyl (C=O) groups is 6. The molecule has 2 saturated heterocycles. The largest absolute Gasteiger partial charge is 0.460 e. The predicted octanol–water partition coefficient (Wildman–Crippen LogP) is 5.72. The quantitative estimate of drug-likeness (QED) is 0.116. The molecule has 0 aromatic heterocycles. The molecule has 3 aliphatic heterocycles. The number of methoxy groups -OCH3 is 3. The molecule has 2 bridgehead atoms. The Hall–Kier alpha value is -3.94. The van der Waals surface area contributed by atoms with Crippen LogP contribution in [0.4, 0.5) is 0 Å². The minimum absolute atomic E-state index is 0.00697. The van der Waals surface area contributed by atoms with Gasteiger partial charge in [0.25, 0.3) is 11.7 Å². The van der Waals surface area contributed by atoms with Gasteiger partial charge in [-0.2, -0.15) is 0 Å². The van der Waals surface area contributed by atoms with Crippen LogP contribution in [-0.4, -0.2) is 156 Å². The number of aliphatic hydroxyl groups is 4. The van der Waals surface area contributed by atoms with Crippen LogP contribution in [0.5, 0.6) is 0 Å². The molecule has 4 aliphatic rings. The summed E-state index contributed by atoms with van der Waals surface area (Å²) in [6, 6.07) is -1.20. The van der Waals surface area contributed by atoms with Gasteiger partial charge in [0.05, 0.1) is 31.5 Å². The number of Topliss-reactive ketones (excluding diaryl/α,β-unsaturated/α-hetero) is 3. The Morgan fingerprint density at radius 3 is 2.21 bits per heavy atom. The monoisotopic (exact) mass is 1030 g/mol. The molecule has 4 N–H and O–H groups in total. The number of amides is 1. The van der Waals surface area contributed by atoms with Crippen LogP contribution in [0.15, 0.2) is 47.6 Å². The van der Waals surface area contributed by atoms with Gasteiger partial charge in [-0.05, 0) is 114 Å². The highest BCUT2D eigenvalue weighted by Crippen LogP contribution is 2.38. The van der Waals surface area contributed by atoms with E-state index in [0.29, 0.717) is 69.8 Å². The van der Waals surface area contributed by atoms with Crippen molar-refractivity contribution in [2.75, 3.05) is 41.1 Å².